The molecule has 20 heavy (non-hydrogen) atoms. The molecule has 3 rings (SSSR count). The molecule has 1 aliphatic carbocycles. The van der Waals surface area contributed by atoms with Crippen LogP contribution in [0.5, 0.6) is 0 Å². The minimum atomic E-state index is -0.190. The second-order valence-electron chi connectivity index (χ2n) is 5.85. The Hall–Kier alpha value is -1.68. The van der Waals surface area contributed by atoms with Crippen LogP contribution in [0.4, 0.5) is 0 Å². The number of carbonyl (C=O) groups excluding carboxylic acids is 2. The molecular weight excluding hydrogens is 252 g/mol. The molecule has 4 heteroatoms. The SMILES string of the molecule is NC(CN1C(=O)Cc2ccccc2C1=O)C1CCCC1. The molecular formula is C16H20N2O2. The van der Waals surface area contributed by atoms with Gasteiger partial charge < -0.3 is 5.73 Å². The van der Waals surface area contributed by atoms with Gasteiger partial charge in [-0.1, -0.05) is 31.0 Å². The van der Waals surface area contributed by atoms with Gasteiger partial charge in [0.15, 0.2) is 0 Å². The van der Waals surface area contributed by atoms with Crippen LogP contribution in [-0.4, -0.2) is 29.3 Å². The second kappa shape index (κ2) is 5.37. The van der Waals surface area contributed by atoms with Crippen molar-refractivity contribution in [2.45, 2.75) is 38.1 Å². The van der Waals surface area contributed by atoms with Gasteiger partial charge in [-0.05, 0) is 30.4 Å². The Morgan fingerprint density at radius 2 is 1.90 bits per heavy atom. The average Bonchev–Trinajstić information content (AvgIpc) is 2.97. The lowest BCUT2D eigenvalue weighted by molar-refractivity contribution is -0.128. The van der Waals surface area contributed by atoms with Crippen LogP contribution >= 0.6 is 0 Å². The highest BCUT2D eigenvalue weighted by atomic mass is 16.2. The summed E-state index contributed by atoms with van der Waals surface area (Å²) in [5.74, 6) is 0.139. The maximum Gasteiger partial charge on any atom is 0.260 e. The molecule has 1 aromatic carbocycles. The van der Waals surface area contributed by atoms with Crippen LogP contribution in [-0.2, 0) is 11.2 Å². The summed E-state index contributed by atoms with van der Waals surface area (Å²) in [5.41, 5.74) is 7.68. The molecule has 1 heterocycles. The molecule has 0 bridgehead atoms. The molecule has 1 unspecified atom stereocenters. The minimum absolute atomic E-state index is 0.0873. The third kappa shape index (κ3) is 2.36. The Morgan fingerprint density at radius 1 is 1.20 bits per heavy atom. The number of hydrogen-bond acceptors (Lipinski definition) is 3. The number of imide groups is 1. The van der Waals surface area contributed by atoms with Crippen LogP contribution < -0.4 is 5.73 Å². The second-order valence-corrected chi connectivity index (χ2v) is 5.85. The number of carbonyl (C=O) groups is 2. The van der Waals surface area contributed by atoms with Gasteiger partial charge in [-0.15, -0.1) is 0 Å². The number of nitrogens with two attached hydrogens (primary N) is 1. The third-order valence-corrected chi connectivity index (χ3v) is 4.53. The van der Waals surface area contributed by atoms with Crippen molar-refractivity contribution in [3.8, 4) is 0 Å². The molecule has 4 nitrogen and oxygen atoms in total. The molecule has 1 saturated carbocycles. The van der Waals surface area contributed by atoms with Crippen molar-refractivity contribution in [3.05, 3.63) is 35.4 Å². The molecule has 0 radical (unpaired) electrons. The Balaban J connectivity index is 1.77. The van der Waals surface area contributed by atoms with E-state index >= 15 is 0 Å². The minimum Gasteiger partial charge on any atom is -0.326 e. The van der Waals surface area contributed by atoms with E-state index in [1.807, 2.05) is 18.2 Å². The lowest BCUT2D eigenvalue weighted by Crippen LogP contribution is -2.49. The van der Waals surface area contributed by atoms with Gasteiger partial charge in [0.2, 0.25) is 5.91 Å². The number of benzene rings is 1. The van der Waals surface area contributed by atoms with Crippen LogP contribution in [0.25, 0.3) is 0 Å². The number of fused-ring (bicyclic) bond motifs is 1. The number of rotatable bonds is 3. The van der Waals surface area contributed by atoms with Gasteiger partial charge in [0.25, 0.3) is 5.91 Å². The maximum atomic E-state index is 12.4. The van der Waals surface area contributed by atoms with E-state index in [9.17, 15) is 9.59 Å². The summed E-state index contributed by atoms with van der Waals surface area (Å²) in [7, 11) is 0. The molecule has 2 amide bonds. The Morgan fingerprint density at radius 3 is 2.65 bits per heavy atom. The Bertz CT molecular complexity index is 535. The van der Waals surface area contributed by atoms with Crippen molar-refractivity contribution >= 4 is 11.8 Å². The molecule has 1 aromatic rings. The molecule has 2 aliphatic rings. The molecule has 1 fully saturated rings. The van der Waals surface area contributed by atoms with Crippen molar-refractivity contribution in [1.29, 1.82) is 0 Å². The van der Waals surface area contributed by atoms with E-state index in [2.05, 4.69) is 0 Å². The fraction of sp³-hybridized carbons (Fsp3) is 0.500. The largest absolute Gasteiger partial charge is 0.326 e. The fourth-order valence-electron chi connectivity index (χ4n) is 3.33. The maximum absolute atomic E-state index is 12.4. The number of nitrogens with zero attached hydrogens (tertiary/aromatic N) is 1. The lowest BCUT2D eigenvalue weighted by Gasteiger charge is -2.30. The number of amides is 2. The summed E-state index contributed by atoms with van der Waals surface area (Å²) in [4.78, 5) is 25.9. The normalized spacial score (nSPS) is 21.1. The highest BCUT2D eigenvalue weighted by Crippen LogP contribution is 2.28. The van der Waals surface area contributed by atoms with E-state index in [0.29, 0.717) is 24.4 Å². The van der Waals surface area contributed by atoms with Crippen LogP contribution in [0.1, 0.15) is 41.6 Å². The first kappa shape index (κ1) is 13.3. The van der Waals surface area contributed by atoms with Crippen molar-refractivity contribution in [3.63, 3.8) is 0 Å². The van der Waals surface area contributed by atoms with E-state index < -0.39 is 0 Å². The van der Waals surface area contributed by atoms with Crippen molar-refractivity contribution in [1.82, 2.24) is 4.90 Å². The van der Waals surface area contributed by atoms with Gasteiger partial charge in [0.1, 0.15) is 0 Å². The predicted octanol–water partition coefficient (Wildman–Crippen LogP) is 1.73. The fourth-order valence-corrected chi connectivity index (χ4v) is 3.33. The highest BCUT2D eigenvalue weighted by Gasteiger charge is 2.33. The highest BCUT2D eigenvalue weighted by molar-refractivity contribution is 6.09. The van der Waals surface area contributed by atoms with Crippen LogP contribution in [0.15, 0.2) is 24.3 Å². The molecule has 0 saturated heterocycles. The van der Waals surface area contributed by atoms with Gasteiger partial charge >= 0.3 is 0 Å². The van der Waals surface area contributed by atoms with Crippen LogP contribution in [0.3, 0.4) is 0 Å². The monoisotopic (exact) mass is 272 g/mol. The van der Waals surface area contributed by atoms with E-state index in [0.717, 1.165) is 18.4 Å². The quantitative estimate of drug-likeness (QED) is 0.852. The zero-order valence-corrected chi connectivity index (χ0v) is 11.5. The topological polar surface area (TPSA) is 63.4 Å². The Labute approximate surface area is 118 Å². The molecule has 1 aliphatic heterocycles. The first-order valence-electron chi connectivity index (χ1n) is 7.35. The summed E-state index contributed by atoms with van der Waals surface area (Å²) >= 11 is 0. The summed E-state index contributed by atoms with van der Waals surface area (Å²) in [6.45, 7) is 0.358. The molecule has 106 valence electrons. The number of hydrogen-bond donors (Lipinski definition) is 1. The van der Waals surface area contributed by atoms with Crippen molar-refractivity contribution in [2.24, 2.45) is 11.7 Å². The van der Waals surface area contributed by atoms with E-state index in [4.69, 9.17) is 5.73 Å². The van der Waals surface area contributed by atoms with Crippen LogP contribution in [0, 0.1) is 5.92 Å². The Kier molecular flexibility index (Phi) is 3.57. The lowest BCUT2D eigenvalue weighted by atomic mass is 9.95. The summed E-state index contributed by atoms with van der Waals surface area (Å²) < 4.78 is 0. The zero-order valence-electron chi connectivity index (χ0n) is 11.5. The molecule has 0 aromatic heterocycles. The van der Waals surface area contributed by atoms with Gasteiger partial charge in [-0.3, -0.25) is 14.5 Å². The van der Waals surface area contributed by atoms with Gasteiger partial charge in [0.05, 0.1) is 6.42 Å². The predicted molar refractivity (Wildman–Crippen MR) is 76.1 cm³/mol. The van der Waals surface area contributed by atoms with E-state index in [1.54, 1.807) is 6.07 Å². The average molecular weight is 272 g/mol. The standard InChI is InChI=1S/C16H20N2O2/c17-14(11-5-1-2-6-11)10-18-15(19)9-12-7-3-4-8-13(12)16(18)20/h3-4,7-8,11,14H,1-2,5-6,9-10,17H2. The summed E-state index contributed by atoms with van der Waals surface area (Å²) in [6, 6.07) is 7.24. The summed E-state index contributed by atoms with van der Waals surface area (Å²) in [6.07, 6.45) is 4.97. The van der Waals surface area contributed by atoms with Gasteiger partial charge in [-0.2, -0.15) is 0 Å². The first-order valence-corrected chi connectivity index (χ1v) is 7.35. The van der Waals surface area contributed by atoms with E-state index in [1.165, 1.54) is 17.7 Å². The zero-order chi connectivity index (χ0) is 14.1. The van der Waals surface area contributed by atoms with Gasteiger partial charge in [0, 0.05) is 18.2 Å². The molecule has 2 N–H and O–H groups in total. The van der Waals surface area contributed by atoms with Crippen molar-refractivity contribution < 1.29 is 9.59 Å². The van der Waals surface area contributed by atoms with Gasteiger partial charge in [-0.25, -0.2) is 0 Å². The van der Waals surface area contributed by atoms with Crippen molar-refractivity contribution in [2.75, 3.05) is 6.54 Å². The third-order valence-electron chi connectivity index (χ3n) is 4.53. The van der Waals surface area contributed by atoms with Crippen LogP contribution in [0.2, 0.25) is 0 Å². The molecule has 1 atom stereocenters. The molecule has 0 spiro atoms. The van der Waals surface area contributed by atoms with E-state index in [-0.39, 0.29) is 17.9 Å². The smallest absolute Gasteiger partial charge is 0.260 e. The summed E-state index contributed by atoms with van der Waals surface area (Å²) in [5, 5.41) is 0. The first-order chi connectivity index (χ1) is 9.66.